The Morgan fingerprint density at radius 1 is 1.16 bits per heavy atom. The lowest BCUT2D eigenvalue weighted by Gasteiger charge is -2.04. The number of ketones is 1. The number of Topliss-reactive ketones (excluding diaryl/α,β-unsaturated/α-hetero) is 1. The highest BCUT2D eigenvalue weighted by atomic mass is 16.5. The van der Waals surface area contributed by atoms with Gasteiger partial charge in [-0.1, -0.05) is 6.07 Å². The molecule has 0 atom stereocenters. The van der Waals surface area contributed by atoms with Crippen molar-refractivity contribution in [3.05, 3.63) is 47.9 Å². The second-order valence-electron chi connectivity index (χ2n) is 3.92. The van der Waals surface area contributed by atoms with Crippen LogP contribution in [0.2, 0.25) is 0 Å². The van der Waals surface area contributed by atoms with E-state index < -0.39 is 0 Å². The molecule has 0 spiro atoms. The van der Waals surface area contributed by atoms with Crippen molar-refractivity contribution in [1.82, 2.24) is 9.97 Å². The van der Waals surface area contributed by atoms with Gasteiger partial charge in [0.25, 0.3) is 0 Å². The Labute approximate surface area is 111 Å². The molecule has 5 nitrogen and oxygen atoms in total. The molecule has 0 aliphatic rings. The van der Waals surface area contributed by atoms with Crippen molar-refractivity contribution in [1.29, 1.82) is 0 Å². The molecule has 2 aromatic heterocycles. The van der Waals surface area contributed by atoms with E-state index in [1.807, 2.05) is 6.07 Å². The monoisotopic (exact) mass is 258 g/mol. The number of pyridine rings is 2. The smallest absolute Gasteiger partial charge is 0.212 e. The third-order valence-electron chi connectivity index (χ3n) is 2.64. The van der Waals surface area contributed by atoms with E-state index in [1.165, 1.54) is 6.20 Å². The Hall–Kier alpha value is -2.43. The molecule has 0 N–H and O–H groups in total. The first-order chi connectivity index (χ1) is 9.22. The van der Waals surface area contributed by atoms with Gasteiger partial charge in [-0.3, -0.25) is 9.78 Å². The quantitative estimate of drug-likeness (QED) is 0.767. The topological polar surface area (TPSA) is 61.3 Å². The van der Waals surface area contributed by atoms with E-state index in [1.54, 1.807) is 38.7 Å². The van der Waals surface area contributed by atoms with Gasteiger partial charge < -0.3 is 9.47 Å². The van der Waals surface area contributed by atoms with Crippen LogP contribution in [0.15, 0.2) is 36.8 Å². The molecule has 2 rings (SSSR count). The third kappa shape index (κ3) is 3.28. The molecule has 0 unspecified atom stereocenters. The summed E-state index contributed by atoms with van der Waals surface area (Å²) in [5.74, 6) is 1.07. The molecular weight excluding hydrogens is 244 g/mol. The number of aromatic nitrogens is 2. The van der Waals surface area contributed by atoms with Gasteiger partial charge >= 0.3 is 0 Å². The molecule has 0 fully saturated rings. The van der Waals surface area contributed by atoms with Gasteiger partial charge in [-0.15, -0.1) is 0 Å². The number of ether oxygens (including phenoxy) is 2. The maximum Gasteiger partial charge on any atom is 0.212 e. The molecular formula is C14H14N2O3. The third-order valence-corrected chi connectivity index (χ3v) is 2.64. The molecule has 5 heteroatoms. The average molecular weight is 258 g/mol. The summed E-state index contributed by atoms with van der Waals surface area (Å²) in [7, 11) is 3.09. The highest BCUT2D eigenvalue weighted by Gasteiger charge is 2.09. The Balaban J connectivity index is 2.11. The molecule has 98 valence electrons. The number of hydrogen-bond donors (Lipinski definition) is 0. The number of carbonyl (C=O) groups is 1. The predicted octanol–water partition coefficient (Wildman–Crippen LogP) is 1.92. The molecule has 0 amide bonds. The van der Waals surface area contributed by atoms with Crippen LogP contribution in [-0.2, 0) is 6.42 Å². The fourth-order valence-corrected chi connectivity index (χ4v) is 1.61. The SMILES string of the molecule is COc1cncc(C(=O)Cc2ccc(OC)nc2)c1. The molecule has 0 saturated heterocycles. The molecule has 0 aliphatic heterocycles. The van der Waals surface area contributed by atoms with Crippen molar-refractivity contribution in [2.45, 2.75) is 6.42 Å². The zero-order chi connectivity index (χ0) is 13.7. The Morgan fingerprint density at radius 2 is 2.00 bits per heavy atom. The second kappa shape index (κ2) is 5.95. The summed E-state index contributed by atoms with van der Waals surface area (Å²) in [4.78, 5) is 20.1. The maximum atomic E-state index is 12.1. The van der Waals surface area contributed by atoms with Crippen LogP contribution in [0.5, 0.6) is 11.6 Å². The lowest BCUT2D eigenvalue weighted by Crippen LogP contribution is -2.05. The lowest BCUT2D eigenvalue weighted by atomic mass is 10.1. The molecule has 2 heterocycles. The van der Waals surface area contributed by atoms with E-state index in [2.05, 4.69) is 9.97 Å². The molecule has 0 saturated carbocycles. The summed E-state index contributed by atoms with van der Waals surface area (Å²) in [6, 6.07) is 5.22. The number of nitrogens with zero attached hydrogens (tertiary/aromatic N) is 2. The zero-order valence-corrected chi connectivity index (χ0v) is 10.8. The van der Waals surface area contributed by atoms with Gasteiger partial charge in [0, 0.05) is 30.4 Å². The van der Waals surface area contributed by atoms with Gasteiger partial charge in [-0.2, -0.15) is 0 Å². The van der Waals surface area contributed by atoms with Crippen LogP contribution in [-0.4, -0.2) is 30.0 Å². The van der Waals surface area contributed by atoms with Crippen molar-refractivity contribution < 1.29 is 14.3 Å². The van der Waals surface area contributed by atoms with E-state index in [-0.39, 0.29) is 12.2 Å². The van der Waals surface area contributed by atoms with Crippen LogP contribution in [0.25, 0.3) is 0 Å². The highest BCUT2D eigenvalue weighted by Crippen LogP contribution is 2.14. The van der Waals surface area contributed by atoms with E-state index in [0.29, 0.717) is 17.2 Å². The van der Waals surface area contributed by atoms with Crippen LogP contribution in [0.3, 0.4) is 0 Å². The molecule has 0 bridgehead atoms. The number of rotatable bonds is 5. The Kier molecular flexibility index (Phi) is 4.07. The van der Waals surface area contributed by atoms with E-state index in [9.17, 15) is 4.79 Å². The second-order valence-corrected chi connectivity index (χ2v) is 3.92. The first-order valence-electron chi connectivity index (χ1n) is 5.74. The van der Waals surface area contributed by atoms with E-state index in [0.717, 1.165) is 5.56 Å². The number of hydrogen-bond acceptors (Lipinski definition) is 5. The fourth-order valence-electron chi connectivity index (χ4n) is 1.61. The molecule has 19 heavy (non-hydrogen) atoms. The van der Waals surface area contributed by atoms with Crippen molar-refractivity contribution in [2.24, 2.45) is 0 Å². The summed E-state index contributed by atoms with van der Waals surface area (Å²) in [5.41, 5.74) is 1.35. The van der Waals surface area contributed by atoms with Crippen LogP contribution < -0.4 is 9.47 Å². The van der Waals surface area contributed by atoms with Crippen molar-refractivity contribution in [3.63, 3.8) is 0 Å². The Bertz CT molecular complexity index is 567. The maximum absolute atomic E-state index is 12.1. The van der Waals surface area contributed by atoms with Crippen LogP contribution in [0, 0.1) is 0 Å². The highest BCUT2D eigenvalue weighted by molar-refractivity contribution is 5.97. The lowest BCUT2D eigenvalue weighted by molar-refractivity contribution is 0.0992. The molecule has 0 aliphatic carbocycles. The summed E-state index contributed by atoms with van der Waals surface area (Å²) in [6.45, 7) is 0. The van der Waals surface area contributed by atoms with Crippen molar-refractivity contribution in [3.8, 4) is 11.6 Å². The van der Waals surface area contributed by atoms with Gasteiger partial charge in [0.05, 0.1) is 20.4 Å². The molecule has 0 aromatic carbocycles. The standard InChI is InChI=1S/C14H14N2O3/c1-18-12-6-11(8-15-9-12)13(17)5-10-3-4-14(19-2)16-7-10/h3-4,6-9H,5H2,1-2H3. The minimum Gasteiger partial charge on any atom is -0.495 e. The summed E-state index contributed by atoms with van der Waals surface area (Å²) >= 11 is 0. The summed E-state index contributed by atoms with van der Waals surface area (Å²) in [6.07, 6.45) is 4.99. The van der Waals surface area contributed by atoms with Gasteiger partial charge in [0.1, 0.15) is 5.75 Å². The van der Waals surface area contributed by atoms with Crippen LogP contribution in [0.4, 0.5) is 0 Å². The minimum atomic E-state index is -0.0293. The van der Waals surface area contributed by atoms with Gasteiger partial charge in [-0.05, 0) is 11.6 Å². The van der Waals surface area contributed by atoms with Crippen LogP contribution >= 0.6 is 0 Å². The Morgan fingerprint density at radius 3 is 2.63 bits per heavy atom. The van der Waals surface area contributed by atoms with Crippen molar-refractivity contribution >= 4 is 5.78 Å². The molecule has 2 aromatic rings. The van der Waals surface area contributed by atoms with Gasteiger partial charge in [0.2, 0.25) is 5.88 Å². The minimum absolute atomic E-state index is 0.0293. The van der Waals surface area contributed by atoms with E-state index >= 15 is 0 Å². The largest absolute Gasteiger partial charge is 0.495 e. The number of carbonyl (C=O) groups excluding carboxylic acids is 1. The zero-order valence-electron chi connectivity index (χ0n) is 10.8. The van der Waals surface area contributed by atoms with Gasteiger partial charge in [-0.25, -0.2) is 4.98 Å². The average Bonchev–Trinajstić information content (AvgIpc) is 2.48. The van der Waals surface area contributed by atoms with Crippen LogP contribution in [0.1, 0.15) is 15.9 Å². The molecule has 0 radical (unpaired) electrons. The van der Waals surface area contributed by atoms with E-state index in [4.69, 9.17) is 9.47 Å². The predicted molar refractivity (Wildman–Crippen MR) is 69.6 cm³/mol. The number of methoxy groups -OCH3 is 2. The fraction of sp³-hybridized carbons (Fsp3) is 0.214. The first kappa shape index (κ1) is 13.0. The van der Waals surface area contributed by atoms with Gasteiger partial charge in [0.15, 0.2) is 5.78 Å². The normalized spacial score (nSPS) is 10.0. The summed E-state index contributed by atoms with van der Waals surface area (Å²) < 4.78 is 10.0. The van der Waals surface area contributed by atoms with Crippen molar-refractivity contribution in [2.75, 3.05) is 14.2 Å². The first-order valence-corrected chi connectivity index (χ1v) is 5.74. The summed E-state index contributed by atoms with van der Waals surface area (Å²) in [5, 5.41) is 0.